The van der Waals surface area contributed by atoms with Gasteiger partial charge in [-0.15, -0.1) is 0 Å². The van der Waals surface area contributed by atoms with Crippen molar-refractivity contribution in [3.05, 3.63) is 17.2 Å². The average molecular weight is 348 g/mol. The first kappa shape index (κ1) is 16.5. The molecule has 1 aromatic rings. The van der Waals surface area contributed by atoms with Gasteiger partial charge < -0.3 is 15.4 Å². The zero-order chi connectivity index (χ0) is 16.3. The standard InChI is InChI=1S/C12H14ClN3O5S/c1-7(17)14-2-3-15-22(19,20)11-5-10-9(4-8(11)13)16-12(18)6-21-10/h4-5,15H,2-3,6H2,1H3,(H,14,17)(H,16,18). The van der Waals surface area contributed by atoms with Gasteiger partial charge in [0.25, 0.3) is 5.91 Å². The van der Waals surface area contributed by atoms with Gasteiger partial charge in [0.05, 0.1) is 10.7 Å². The van der Waals surface area contributed by atoms with Gasteiger partial charge in [-0.25, -0.2) is 13.1 Å². The Kier molecular flexibility index (Phi) is 4.89. The van der Waals surface area contributed by atoms with Crippen molar-refractivity contribution in [3.8, 4) is 5.75 Å². The minimum atomic E-state index is -3.86. The molecule has 0 saturated heterocycles. The number of rotatable bonds is 5. The Hall–Kier alpha value is -1.84. The molecule has 0 unspecified atom stereocenters. The van der Waals surface area contributed by atoms with Crippen molar-refractivity contribution in [1.82, 2.24) is 10.0 Å². The molecule has 0 aliphatic carbocycles. The van der Waals surface area contributed by atoms with Crippen LogP contribution in [0.25, 0.3) is 0 Å². The summed E-state index contributed by atoms with van der Waals surface area (Å²) in [6.45, 7) is 1.32. The van der Waals surface area contributed by atoms with Crippen LogP contribution in [-0.4, -0.2) is 39.9 Å². The first-order valence-corrected chi connectivity index (χ1v) is 8.16. The van der Waals surface area contributed by atoms with Gasteiger partial charge >= 0.3 is 0 Å². The third-order valence-electron chi connectivity index (χ3n) is 2.75. The van der Waals surface area contributed by atoms with E-state index in [0.717, 1.165) is 0 Å². The monoisotopic (exact) mass is 347 g/mol. The van der Waals surface area contributed by atoms with Crippen molar-refractivity contribution in [2.75, 3.05) is 25.0 Å². The number of sulfonamides is 1. The molecule has 1 aliphatic heterocycles. The molecule has 1 aliphatic rings. The molecule has 0 bridgehead atoms. The fourth-order valence-corrected chi connectivity index (χ4v) is 3.36. The predicted octanol–water partition coefficient (Wildman–Crippen LogP) is 0.0853. The largest absolute Gasteiger partial charge is 0.482 e. The Bertz CT molecular complexity index is 720. The predicted molar refractivity (Wildman–Crippen MR) is 79.4 cm³/mol. The van der Waals surface area contributed by atoms with Gasteiger partial charge in [-0.2, -0.15) is 0 Å². The van der Waals surface area contributed by atoms with Crippen molar-refractivity contribution in [1.29, 1.82) is 0 Å². The zero-order valence-electron chi connectivity index (χ0n) is 11.6. The van der Waals surface area contributed by atoms with Crippen LogP contribution in [-0.2, 0) is 19.6 Å². The van der Waals surface area contributed by atoms with Crippen LogP contribution in [0, 0.1) is 0 Å². The first-order valence-electron chi connectivity index (χ1n) is 6.30. The van der Waals surface area contributed by atoms with Gasteiger partial charge in [-0.3, -0.25) is 9.59 Å². The third-order valence-corrected chi connectivity index (χ3v) is 4.67. The number of ether oxygens (including phenoxy) is 1. The molecule has 1 aromatic carbocycles. The van der Waals surface area contributed by atoms with Crippen LogP contribution in [0.1, 0.15) is 6.92 Å². The van der Waals surface area contributed by atoms with Crippen molar-refractivity contribution in [3.63, 3.8) is 0 Å². The normalized spacial score (nSPS) is 13.8. The molecule has 0 spiro atoms. The zero-order valence-corrected chi connectivity index (χ0v) is 13.2. The fraction of sp³-hybridized carbons (Fsp3) is 0.333. The number of carbonyl (C=O) groups is 2. The van der Waals surface area contributed by atoms with Crippen LogP contribution in [0.15, 0.2) is 17.0 Å². The highest BCUT2D eigenvalue weighted by molar-refractivity contribution is 7.89. The van der Waals surface area contributed by atoms with Gasteiger partial charge in [0, 0.05) is 26.1 Å². The maximum absolute atomic E-state index is 12.2. The van der Waals surface area contributed by atoms with Crippen LogP contribution >= 0.6 is 11.6 Å². The molecule has 0 saturated carbocycles. The number of amides is 2. The lowest BCUT2D eigenvalue weighted by Gasteiger charge is -2.19. The van der Waals surface area contributed by atoms with Gasteiger partial charge in [-0.1, -0.05) is 11.6 Å². The van der Waals surface area contributed by atoms with E-state index in [4.69, 9.17) is 16.3 Å². The fourth-order valence-electron chi connectivity index (χ4n) is 1.79. The maximum atomic E-state index is 12.2. The van der Waals surface area contributed by atoms with E-state index < -0.39 is 10.0 Å². The van der Waals surface area contributed by atoms with E-state index in [0.29, 0.717) is 5.69 Å². The molecule has 0 radical (unpaired) electrons. The minimum absolute atomic E-state index is 0.0208. The molecule has 0 fully saturated rings. The van der Waals surface area contributed by atoms with Gasteiger partial charge in [0.2, 0.25) is 15.9 Å². The quantitative estimate of drug-likeness (QED) is 0.653. The van der Waals surface area contributed by atoms with Crippen LogP contribution in [0.2, 0.25) is 5.02 Å². The molecule has 2 amide bonds. The Morgan fingerprint density at radius 3 is 2.82 bits per heavy atom. The first-order chi connectivity index (χ1) is 10.3. The molecule has 1 heterocycles. The van der Waals surface area contributed by atoms with E-state index in [1.165, 1.54) is 19.1 Å². The van der Waals surface area contributed by atoms with E-state index in [1.807, 2.05) is 0 Å². The van der Waals surface area contributed by atoms with Gasteiger partial charge in [0.15, 0.2) is 6.61 Å². The van der Waals surface area contributed by atoms with Crippen LogP contribution in [0.3, 0.4) is 0 Å². The van der Waals surface area contributed by atoms with Crippen molar-refractivity contribution >= 4 is 39.1 Å². The van der Waals surface area contributed by atoms with E-state index in [2.05, 4.69) is 15.4 Å². The lowest BCUT2D eigenvalue weighted by molar-refractivity contribution is -0.119. The number of fused-ring (bicyclic) bond motifs is 1. The van der Waals surface area contributed by atoms with Crippen molar-refractivity contribution < 1.29 is 22.7 Å². The minimum Gasteiger partial charge on any atom is -0.482 e. The SMILES string of the molecule is CC(=O)NCCNS(=O)(=O)c1cc2c(cc1Cl)NC(=O)CO2. The topological polar surface area (TPSA) is 114 Å². The summed E-state index contributed by atoms with van der Waals surface area (Å²) < 4.78 is 31.9. The molecule has 0 aromatic heterocycles. The van der Waals surface area contributed by atoms with Crippen LogP contribution in [0.5, 0.6) is 5.75 Å². The van der Waals surface area contributed by atoms with E-state index >= 15 is 0 Å². The number of nitrogens with one attached hydrogen (secondary N) is 3. The number of carbonyl (C=O) groups excluding carboxylic acids is 2. The molecular formula is C12H14ClN3O5S. The molecule has 120 valence electrons. The molecule has 10 heteroatoms. The second-order valence-electron chi connectivity index (χ2n) is 4.50. The number of benzene rings is 1. The molecule has 22 heavy (non-hydrogen) atoms. The summed E-state index contributed by atoms with van der Waals surface area (Å²) in [5.74, 6) is -0.367. The Morgan fingerprint density at radius 1 is 1.41 bits per heavy atom. The molecular weight excluding hydrogens is 334 g/mol. The average Bonchev–Trinajstić information content (AvgIpc) is 2.42. The number of halogens is 1. The Labute approximate surface area is 132 Å². The smallest absolute Gasteiger partial charge is 0.262 e. The second-order valence-corrected chi connectivity index (χ2v) is 6.64. The highest BCUT2D eigenvalue weighted by Crippen LogP contribution is 2.35. The summed E-state index contributed by atoms with van der Waals surface area (Å²) in [5, 5.41) is 4.96. The Balaban J connectivity index is 2.17. The van der Waals surface area contributed by atoms with Gasteiger partial charge in [0.1, 0.15) is 10.6 Å². The molecule has 3 N–H and O–H groups in total. The summed E-state index contributed by atoms with van der Waals surface area (Å²) in [6.07, 6.45) is 0. The van der Waals surface area contributed by atoms with E-state index in [-0.39, 0.29) is 47.2 Å². The molecule has 0 atom stereocenters. The summed E-state index contributed by atoms with van der Waals surface area (Å²) in [4.78, 5) is 21.8. The summed E-state index contributed by atoms with van der Waals surface area (Å²) in [7, 11) is -3.86. The van der Waals surface area contributed by atoms with Crippen molar-refractivity contribution in [2.45, 2.75) is 11.8 Å². The highest BCUT2D eigenvalue weighted by Gasteiger charge is 2.24. The number of hydrogen-bond acceptors (Lipinski definition) is 5. The molecule has 8 nitrogen and oxygen atoms in total. The molecule has 2 rings (SSSR count). The second kappa shape index (κ2) is 6.51. The lowest BCUT2D eigenvalue weighted by atomic mass is 10.2. The number of hydrogen-bond donors (Lipinski definition) is 3. The van der Waals surface area contributed by atoms with E-state index in [9.17, 15) is 18.0 Å². The Morgan fingerprint density at radius 2 is 2.14 bits per heavy atom. The summed E-state index contributed by atoms with van der Waals surface area (Å²) in [5.41, 5.74) is 0.318. The van der Waals surface area contributed by atoms with Crippen LogP contribution < -0.4 is 20.1 Å². The number of anilines is 1. The lowest BCUT2D eigenvalue weighted by Crippen LogP contribution is -2.34. The van der Waals surface area contributed by atoms with Crippen molar-refractivity contribution in [2.24, 2.45) is 0 Å². The van der Waals surface area contributed by atoms with Gasteiger partial charge in [-0.05, 0) is 6.07 Å². The van der Waals surface area contributed by atoms with E-state index in [1.54, 1.807) is 0 Å². The summed E-state index contributed by atoms with van der Waals surface area (Å²) in [6, 6.07) is 2.56. The van der Waals surface area contributed by atoms with Crippen LogP contribution in [0.4, 0.5) is 5.69 Å². The highest BCUT2D eigenvalue weighted by atomic mass is 35.5. The summed E-state index contributed by atoms with van der Waals surface area (Å²) >= 11 is 5.96. The third kappa shape index (κ3) is 3.87. The maximum Gasteiger partial charge on any atom is 0.262 e.